The first-order valence-corrected chi connectivity index (χ1v) is 10.1. The van der Waals surface area contributed by atoms with Crippen LogP contribution in [-0.2, 0) is 0 Å². The van der Waals surface area contributed by atoms with Gasteiger partial charge in [-0.05, 0) is 39.8 Å². The fourth-order valence-corrected chi connectivity index (χ4v) is 4.32. The van der Waals surface area contributed by atoms with Crippen molar-refractivity contribution in [1.29, 1.82) is 0 Å². The fraction of sp³-hybridized carbons (Fsp3) is 0.450. The highest BCUT2D eigenvalue weighted by molar-refractivity contribution is 6.31. The van der Waals surface area contributed by atoms with Crippen molar-refractivity contribution < 1.29 is 9.13 Å². The van der Waals surface area contributed by atoms with E-state index in [1.54, 1.807) is 10.7 Å². The van der Waals surface area contributed by atoms with Crippen molar-refractivity contribution in [2.45, 2.75) is 39.2 Å². The summed E-state index contributed by atoms with van der Waals surface area (Å²) in [5.41, 5.74) is 8.68. The van der Waals surface area contributed by atoms with Gasteiger partial charge in [0, 0.05) is 23.6 Å². The number of benzene rings is 1. The third-order valence-electron chi connectivity index (χ3n) is 5.50. The molecule has 2 atom stereocenters. The molecule has 0 saturated carbocycles. The molecule has 1 fully saturated rings. The molecule has 3 aromatic rings. The third kappa shape index (κ3) is 3.30. The Morgan fingerprint density at radius 2 is 2.24 bits per heavy atom. The maximum Gasteiger partial charge on any atom is 0.164 e. The summed E-state index contributed by atoms with van der Waals surface area (Å²) < 4.78 is 22.8. The molecule has 3 N–H and O–H groups in total. The number of hydrogen-bond acceptors (Lipinski definition) is 6. The van der Waals surface area contributed by atoms with Crippen molar-refractivity contribution in [3.05, 3.63) is 40.1 Å². The van der Waals surface area contributed by atoms with Crippen molar-refractivity contribution in [3.8, 4) is 5.75 Å². The minimum Gasteiger partial charge on any atom is -0.493 e. The summed E-state index contributed by atoms with van der Waals surface area (Å²) in [6, 6.07) is 1.33. The second-order valence-electron chi connectivity index (χ2n) is 7.29. The van der Waals surface area contributed by atoms with E-state index in [-0.39, 0.29) is 17.0 Å². The smallest absolute Gasteiger partial charge is 0.164 e. The molecule has 0 spiro atoms. The molecule has 29 heavy (non-hydrogen) atoms. The van der Waals surface area contributed by atoms with Crippen molar-refractivity contribution in [1.82, 2.24) is 25.1 Å². The van der Waals surface area contributed by atoms with E-state index in [4.69, 9.17) is 22.1 Å². The quantitative estimate of drug-likeness (QED) is 0.658. The number of ether oxygens (including phenoxy) is 1. The SMILES string of the molecule is CCOc1c([C@H](C)n2nc(C)c3c(N)ncnc32)cc(Cl)c(F)c1[C@H]1CCNC1. The average molecular weight is 419 g/mol. The van der Waals surface area contributed by atoms with E-state index < -0.39 is 5.82 Å². The van der Waals surface area contributed by atoms with Crippen LogP contribution >= 0.6 is 11.6 Å². The zero-order valence-electron chi connectivity index (χ0n) is 16.7. The van der Waals surface area contributed by atoms with Crippen molar-refractivity contribution in [2.75, 3.05) is 25.4 Å². The van der Waals surface area contributed by atoms with Crippen LogP contribution in [0.5, 0.6) is 5.75 Å². The van der Waals surface area contributed by atoms with Crippen molar-refractivity contribution in [2.24, 2.45) is 0 Å². The highest BCUT2D eigenvalue weighted by Crippen LogP contribution is 2.42. The van der Waals surface area contributed by atoms with Crippen LogP contribution in [0, 0.1) is 12.7 Å². The van der Waals surface area contributed by atoms with E-state index >= 15 is 4.39 Å². The maximum absolute atomic E-state index is 15.1. The van der Waals surface area contributed by atoms with Gasteiger partial charge in [-0.25, -0.2) is 19.0 Å². The minimum atomic E-state index is -0.409. The normalized spacial score (nSPS) is 17.8. The number of hydrogen-bond donors (Lipinski definition) is 2. The topological polar surface area (TPSA) is 90.9 Å². The van der Waals surface area contributed by atoms with E-state index in [1.165, 1.54) is 6.33 Å². The molecule has 0 unspecified atom stereocenters. The molecule has 0 amide bonds. The van der Waals surface area contributed by atoms with Gasteiger partial charge in [-0.1, -0.05) is 11.6 Å². The number of fused-ring (bicyclic) bond motifs is 1. The second kappa shape index (κ2) is 7.76. The van der Waals surface area contributed by atoms with Gasteiger partial charge in [-0.3, -0.25) is 0 Å². The van der Waals surface area contributed by atoms with Crippen LogP contribution in [0.1, 0.15) is 49.0 Å². The Morgan fingerprint density at radius 3 is 2.93 bits per heavy atom. The van der Waals surface area contributed by atoms with E-state index in [9.17, 15) is 0 Å². The number of aromatic nitrogens is 4. The van der Waals surface area contributed by atoms with E-state index in [1.807, 2.05) is 20.8 Å². The number of nitrogens with one attached hydrogen (secondary N) is 1. The van der Waals surface area contributed by atoms with Gasteiger partial charge >= 0.3 is 0 Å². The summed E-state index contributed by atoms with van der Waals surface area (Å²) in [6.07, 6.45) is 2.25. The molecule has 4 rings (SSSR count). The number of anilines is 1. The third-order valence-corrected chi connectivity index (χ3v) is 5.78. The van der Waals surface area contributed by atoms with Gasteiger partial charge in [0.2, 0.25) is 0 Å². The number of aryl methyl sites for hydroxylation is 1. The molecule has 0 bridgehead atoms. The van der Waals surface area contributed by atoms with Gasteiger partial charge in [0.05, 0.1) is 28.8 Å². The maximum atomic E-state index is 15.1. The van der Waals surface area contributed by atoms with Crippen molar-refractivity contribution >= 4 is 28.5 Å². The lowest BCUT2D eigenvalue weighted by Crippen LogP contribution is -2.16. The number of nitrogens with zero attached hydrogens (tertiary/aromatic N) is 4. The number of nitrogens with two attached hydrogens (primary N) is 1. The predicted octanol–water partition coefficient (Wildman–Crippen LogP) is 3.59. The standard InChI is InChI=1S/C20H24ClFN6O/c1-4-29-18-13(7-14(21)17(22)16(18)12-5-6-24-8-12)11(3)28-20-15(10(2)27-28)19(23)25-9-26-20/h7,9,11-12,24H,4-6,8H2,1-3H3,(H2,23,25,26)/t11-,12-/m0/s1. The molecule has 1 saturated heterocycles. The van der Waals surface area contributed by atoms with Gasteiger partial charge in [0.15, 0.2) is 5.65 Å². The zero-order valence-corrected chi connectivity index (χ0v) is 17.4. The number of rotatable bonds is 5. The molecular formula is C20H24ClFN6O. The fourth-order valence-electron chi connectivity index (χ4n) is 4.10. The second-order valence-corrected chi connectivity index (χ2v) is 7.70. The van der Waals surface area contributed by atoms with Gasteiger partial charge < -0.3 is 15.8 Å². The molecule has 2 aromatic heterocycles. The lowest BCUT2D eigenvalue weighted by molar-refractivity contribution is 0.323. The van der Waals surface area contributed by atoms with Crippen molar-refractivity contribution in [3.63, 3.8) is 0 Å². The minimum absolute atomic E-state index is 0.00951. The van der Waals surface area contributed by atoms with Crippen LogP contribution in [0.2, 0.25) is 5.02 Å². The molecule has 9 heteroatoms. The Hall–Kier alpha value is -2.45. The molecule has 1 aliphatic heterocycles. The lowest BCUT2D eigenvalue weighted by Gasteiger charge is -2.24. The Balaban J connectivity index is 1.92. The van der Waals surface area contributed by atoms with Gasteiger partial charge in [-0.15, -0.1) is 0 Å². The highest BCUT2D eigenvalue weighted by atomic mass is 35.5. The summed E-state index contributed by atoms with van der Waals surface area (Å²) in [6.45, 7) is 7.67. The Bertz CT molecular complexity index is 1060. The summed E-state index contributed by atoms with van der Waals surface area (Å²) in [4.78, 5) is 8.44. The molecular weight excluding hydrogens is 395 g/mol. The summed E-state index contributed by atoms with van der Waals surface area (Å²) in [5, 5.41) is 8.72. The molecule has 1 aliphatic rings. The Kier molecular flexibility index (Phi) is 5.31. The first-order chi connectivity index (χ1) is 13.9. The zero-order chi connectivity index (χ0) is 20.7. The van der Waals surface area contributed by atoms with Crippen LogP contribution in [0.4, 0.5) is 10.2 Å². The van der Waals surface area contributed by atoms with Crippen LogP contribution in [0.15, 0.2) is 12.4 Å². The first-order valence-electron chi connectivity index (χ1n) is 9.74. The summed E-state index contributed by atoms with van der Waals surface area (Å²) in [7, 11) is 0. The molecule has 7 nitrogen and oxygen atoms in total. The Labute approximate surface area is 173 Å². The average Bonchev–Trinajstić information content (AvgIpc) is 3.33. The van der Waals surface area contributed by atoms with Crippen LogP contribution in [0.3, 0.4) is 0 Å². The monoisotopic (exact) mass is 418 g/mol. The highest BCUT2D eigenvalue weighted by Gasteiger charge is 2.30. The van der Waals surface area contributed by atoms with E-state index in [0.717, 1.165) is 24.2 Å². The van der Waals surface area contributed by atoms with E-state index in [2.05, 4.69) is 20.4 Å². The van der Waals surface area contributed by atoms with E-state index in [0.29, 0.717) is 41.3 Å². The molecule has 1 aromatic carbocycles. The Morgan fingerprint density at radius 1 is 1.45 bits per heavy atom. The molecule has 0 radical (unpaired) electrons. The number of nitrogen functional groups attached to an aromatic ring is 1. The number of halogens is 2. The van der Waals surface area contributed by atoms with Crippen LogP contribution < -0.4 is 15.8 Å². The summed E-state index contributed by atoms with van der Waals surface area (Å²) >= 11 is 6.32. The predicted molar refractivity (Wildman–Crippen MR) is 111 cm³/mol. The van der Waals surface area contributed by atoms with Gasteiger partial charge in [0.25, 0.3) is 0 Å². The van der Waals surface area contributed by atoms with Crippen LogP contribution in [-0.4, -0.2) is 39.4 Å². The van der Waals surface area contributed by atoms with Gasteiger partial charge in [-0.2, -0.15) is 5.10 Å². The lowest BCUT2D eigenvalue weighted by atomic mass is 9.92. The van der Waals surface area contributed by atoms with Gasteiger partial charge in [0.1, 0.15) is 23.7 Å². The summed E-state index contributed by atoms with van der Waals surface area (Å²) in [5.74, 6) is 0.521. The largest absolute Gasteiger partial charge is 0.493 e. The molecule has 3 heterocycles. The van der Waals surface area contributed by atoms with Crippen LogP contribution in [0.25, 0.3) is 11.0 Å². The molecule has 0 aliphatic carbocycles. The first kappa shape index (κ1) is 19.8. The molecule has 154 valence electrons.